The Kier molecular flexibility index (Phi) is 5.71. The van der Waals surface area contributed by atoms with Crippen molar-refractivity contribution in [3.63, 3.8) is 0 Å². The number of hydrogen-bond donors (Lipinski definition) is 0. The molecule has 178 valence electrons. The maximum Gasteiger partial charge on any atom is 0.233 e. The molecule has 4 aromatic rings. The minimum absolute atomic E-state index is 0.0405. The van der Waals surface area contributed by atoms with E-state index >= 15 is 0 Å². The number of benzene rings is 2. The van der Waals surface area contributed by atoms with Crippen LogP contribution in [-0.2, 0) is 23.2 Å². The summed E-state index contributed by atoms with van der Waals surface area (Å²) in [7, 11) is 0. The van der Waals surface area contributed by atoms with Gasteiger partial charge in [0.2, 0.25) is 5.91 Å². The van der Waals surface area contributed by atoms with Gasteiger partial charge in [-0.05, 0) is 29.2 Å². The van der Waals surface area contributed by atoms with Crippen molar-refractivity contribution in [3.8, 4) is 17.1 Å². The maximum absolute atomic E-state index is 12.9. The molecule has 2 aromatic heterocycles. The van der Waals surface area contributed by atoms with Crippen LogP contribution in [0.5, 0.6) is 0 Å². The summed E-state index contributed by atoms with van der Waals surface area (Å²) in [6.07, 6.45) is 4.09. The highest BCUT2D eigenvalue weighted by molar-refractivity contribution is 6.00. The second kappa shape index (κ2) is 8.73. The van der Waals surface area contributed by atoms with Gasteiger partial charge in [0.05, 0.1) is 30.5 Å². The number of nitrogens with zero attached hydrogens (tertiary/aromatic N) is 6. The number of amides is 1. The summed E-state index contributed by atoms with van der Waals surface area (Å²) in [5.74, 6) is 1.75. The van der Waals surface area contributed by atoms with Crippen LogP contribution < -0.4 is 4.90 Å². The Labute approximate surface area is 205 Å². The Balaban J connectivity index is 1.40. The number of aromatic nitrogens is 5. The van der Waals surface area contributed by atoms with Crippen LogP contribution in [0.4, 0.5) is 5.82 Å². The zero-order valence-electron chi connectivity index (χ0n) is 20.9. The molecule has 35 heavy (non-hydrogen) atoms. The lowest BCUT2D eigenvalue weighted by Crippen LogP contribution is -2.26. The van der Waals surface area contributed by atoms with E-state index in [4.69, 9.17) is 4.98 Å². The predicted molar refractivity (Wildman–Crippen MR) is 137 cm³/mol. The van der Waals surface area contributed by atoms with E-state index in [1.54, 1.807) is 15.8 Å². The Morgan fingerprint density at radius 1 is 1.03 bits per heavy atom. The first-order valence-corrected chi connectivity index (χ1v) is 12.0. The minimum Gasteiger partial charge on any atom is -0.292 e. The summed E-state index contributed by atoms with van der Waals surface area (Å²) < 4.78 is 1.78. The molecule has 0 aliphatic carbocycles. The molecule has 1 amide bonds. The first kappa shape index (κ1) is 22.9. The summed E-state index contributed by atoms with van der Waals surface area (Å²) in [5.41, 5.74) is 5.91. The van der Waals surface area contributed by atoms with Crippen molar-refractivity contribution in [2.75, 3.05) is 4.90 Å². The molecule has 2 aromatic carbocycles. The van der Waals surface area contributed by atoms with Crippen molar-refractivity contribution in [1.82, 2.24) is 25.0 Å². The van der Waals surface area contributed by atoms with Crippen molar-refractivity contribution in [1.29, 1.82) is 0 Å². The molecular weight excluding hydrogens is 436 g/mol. The molecule has 0 spiro atoms. The van der Waals surface area contributed by atoms with Gasteiger partial charge in [-0.2, -0.15) is 0 Å². The van der Waals surface area contributed by atoms with Crippen molar-refractivity contribution >= 4 is 11.7 Å². The third kappa shape index (κ3) is 4.46. The summed E-state index contributed by atoms with van der Waals surface area (Å²) in [6, 6.07) is 16.2. The molecule has 0 N–H and O–H groups in total. The first-order valence-electron chi connectivity index (χ1n) is 12.0. The summed E-state index contributed by atoms with van der Waals surface area (Å²) in [4.78, 5) is 24.1. The van der Waals surface area contributed by atoms with E-state index in [-0.39, 0.29) is 11.3 Å². The minimum atomic E-state index is -0.0575. The molecule has 0 saturated carbocycles. The predicted octanol–water partition coefficient (Wildman–Crippen LogP) is 5.23. The first-order chi connectivity index (χ1) is 16.7. The summed E-state index contributed by atoms with van der Waals surface area (Å²) in [5, 5.41) is 8.57. The molecule has 7 heteroatoms. The molecular formula is C28H30N6O. The van der Waals surface area contributed by atoms with Gasteiger partial charge in [0.15, 0.2) is 5.82 Å². The number of fused-ring (bicyclic) bond motifs is 1. The van der Waals surface area contributed by atoms with Crippen LogP contribution in [-0.4, -0.2) is 30.9 Å². The van der Waals surface area contributed by atoms with Crippen LogP contribution in [0.1, 0.15) is 62.9 Å². The highest BCUT2D eigenvalue weighted by Gasteiger charge is 2.30. The number of anilines is 1. The van der Waals surface area contributed by atoms with Gasteiger partial charge in [-0.3, -0.25) is 9.69 Å². The lowest BCUT2D eigenvalue weighted by molar-refractivity contribution is -0.117. The van der Waals surface area contributed by atoms with Crippen LogP contribution in [0.3, 0.4) is 0 Å². The normalized spacial score (nSPS) is 13.5. The van der Waals surface area contributed by atoms with Crippen molar-refractivity contribution < 1.29 is 4.79 Å². The summed E-state index contributed by atoms with van der Waals surface area (Å²) in [6.45, 7) is 11.1. The monoisotopic (exact) mass is 466 g/mol. The van der Waals surface area contributed by atoms with E-state index in [9.17, 15) is 4.79 Å². The Bertz CT molecular complexity index is 1380. The molecule has 0 radical (unpaired) electrons. The third-order valence-electron chi connectivity index (χ3n) is 6.37. The van der Waals surface area contributed by atoms with E-state index in [0.717, 1.165) is 28.1 Å². The van der Waals surface area contributed by atoms with Gasteiger partial charge in [0.1, 0.15) is 5.82 Å². The fraction of sp³-hybridized carbons (Fsp3) is 0.321. The number of hydrogen-bond acceptors (Lipinski definition) is 5. The Morgan fingerprint density at radius 3 is 2.46 bits per heavy atom. The average Bonchev–Trinajstić information content (AvgIpc) is 3.45. The summed E-state index contributed by atoms with van der Waals surface area (Å²) >= 11 is 0. The fourth-order valence-corrected chi connectivity index (χ4v) is 4.30. The lowest BCUT2D eigenvalue weighted by atomic mass is 9.93. The molecule has 1 aliphatic heterocycles. The molecule has 0 unspecified atom stereocenters. The Morgan fingerprint density at radius 2 is 1.77 bits per heavy atom. The van der Waals surface area contributed by atoms with Gasteiger partial charge < -0.3 is 0 Å². The van der Waals surface area contributed by atoms with Gasteiger partial charge in [-0.15, -0.1) is 5.10 Å². The molecule has 7 nitrogen and oxygen atoms in total. The highest BCUT2D eigenvalue weighted by atomic mass is 16.2. The third-order valence-corrected chi connectivity index (χ3v) is 6.37. The van der Waals surface area contributed by atoms with Gasteiger partial charge >= 0.3 is 0 Å². The van der Waals surface area contributed by atoms with E-state index in [0.29, 0.717) is 30.5 Å². The van der Waals surface area contributed by atoms with Crippen molar-refractivity contribution in [2.24, 2.45) is 0 Å². The van der Waals surface area contributed by atoms with Gasteiger partial charge in [-0.1, -0.05) is 76.2 Å². The van der Waals surface area contributed by atoms with Gasteiger partial charge in [0, 0.05) is 22.7 Å². The number of carbonyl (C=O) groups excluding carboxylic acids is 1. The van der Waals surface area contributed by atoms with E-state index in [2.05, 4.69) is 56.0 Å². The van der Waals surface area contributed by atoms with Gasteiger partial charge in [0.25, 0.3) is 0 Å². The van der Waals surface area contributed by atoms with Crippen LogP contribution in [0, 0.1) is 0 Å². The van der Waals surface area contributed by atoms with Gasteiger partial charge in [-0.25, -0.2) is 14.6 Å². The van der Waals surface area contributed by atoms with E-state index in [1.165, 1.54) is 5.56 Å². The quantitative estimate of drug-likeness (QED) is 0.402. The zero-order chi connectivity index (χ0) is 24.7. The standard InChI is InChI=1S/C28H30N6O/c1-18(2)22-8-6-7-9-23(22)26-29-15-20-14-25(35)33(27(20)30-26)16-19-10-12-21(13-11-19)34-17-24(31-32-34)28(3,4)5/h6-13,15,17-18H,14,16H2,1-5H3. The molecule has 1 aliphatic rings. The van der Waals surface area contributed by atoms with Crippen LogP contribution in [0.2, 0.25) is 0 Å². The molecule has 0 fully saturated rings. The molecule has 3 heterocycles. The number of rotatable bonds is 5. The van der Waals surface area contributed by atoms with Crippen LogP contribution in [0.25, 0.3) is 17.1 Å². The lowest BCUT2D eigenvalue weighted by Gasteiger charge is -2.18. The SMILES string of the molecule is CC(C)c1ccccc1-c1ncc2c(n1)N(Cc1ccc(-n3cc(C(C)(C)C)nn3)cc1)C(=O)C2. The van der Waals surface area contributed by atoms with Crippen LogP contribution in [0.15, 0.2) is 60.9 Å². The second-order valence-electron chi connectivity index (χ2n) is 10.4. The van der Waals surface area contributed by atoms with Crippen LogP contribution >= 0.6 is 0 Å². The van der Waals surface area contributed by atoms with E-state index < -0.39 is 0 Å². The molecule has 0 atom stereocenters. The average molecular weight is 467 g/mol. The smallest absolute Gasteiger partial charge is 0.233 e. The topological polar surface area (TPSA) is 76.8 Å². The van der Waals surface area contributed by atoms with E-state index in [1.807, 2.05) is 48.7 Å². The molecule has 0 saturated heterocycles. The second-order valence-corrected chi connectivity index (χ2v) is 10.4. The largest absolute Gasteiger partial charge is 0.292 e. The highest BCUT2D eigenvalue weighted by Crippen LogP contribution is 2.32. The Hall–Kier alpha value is -3.87. The molecule has 0 bridgehead atoms. The zero-order valence-corrected chi connectivity index (χ0v) is 20.9. The van der Waals surface area contributed by atoms with Crippen molar-refractivity contribution in [3.05, 3.63) is 83.3 Å². The molecule has 5 rings (SSSR count). The number of carbonyl (C=O) groups is 1. The van der Waals surface area contributed by atoms with Crippen molar-refractivity contribution in [2.45, 2.75) is 58.9 Å². The maximum atomic E-state index is 12.9. The fourth-order valence-electron chi connectivity index (χ4n) is 4.30.